The molecule has 3 fully saturated rings. The third kappa shape index (κ3) is 4.82. The van der Waals surface area contributed by atoms with E-state index in [0.29, 0.717) is 33.0 Å². The van der Waals surface area contributed by atoms with Gasteiger partial charge in [-0.25, -0.2) is 0 Å². The van der Waals surface area contributed by atoms with Gasteiger partial charge in [0.2, 0.25) is 11.8 Å². The number of rotatable bonds is 5. The SMILES string of the molecule is COc1ccc([C@@]23C(=O)N(Nc4ccc(Cl)cc4Cl)C(=O)[C@@H]2C[C@@H]2C(=CC[C@@H]4C(=O)N(C(C)(C)C)C(=O)[C@@H]42)[C@@H]3c2ccc3ccccc3c2O)cc1. The molecule has 2 aliphatic carbocycles. The second-order valence-electron chi connectivity index (χ2n) is 15.1. The van der Waals surface area contributed by atoms with Crippen molar-refractivity contribution in [2.24, 2.45) is 23.7 Å². The molecule has 0 bridgehead atoms. The summed E-state index contributed by atoms with van der Waals surface area (Å²) >= 11 is 12.7. The van der Waals surface area contributed by atoms with Gasteiger partial charge in [-0.05, 0) is 80.8 Å². The van der Waals surface area contributed by atoms with Gasteiger partial charge in [0.05, 0.1) is 41.0 Å². The van der Waals surface area contributed by atoms with Gasteiger partial charge < -0.3 is 9.84 Å². The highest BCUT2D eigenvalue weighted by Crippen LogP contribution is 2.65. The molecule has 0 aromatic heterocycles. The molecular formula is C41H37Cl2N3O6. The highest BCUT2D eigenvalue weighted by atomic mass is 35.5. The zero-order valence-electron chi connectivity index (χ0n) is 29.0. The quantitative estimate of drug-likeness (QED) is 0.160. The zero-order chi connectivity index (χ0) is 36.9. The van der Waals surface area contributed by atoms with Crippen molar-refractivity contribution in [3.8, 4) is 11.5 Å². The predicted molar refractivity (Wildman–Crippen MR) is 198 cm³/mol. The number of nitrogens with one attached hydrogen (secondary N) is 1. The minimum atomic E-state index is -1.58. The molecule has 8 rings (SSSR count). The topological polar surface area (TPSA) is 116 Å². The first-order valence-electron chi connectivity index (χ1n) is 17.3. The number of nitrogens with zero attached hydrogens (tertiary/aromatic N) is 2. The highest BCUT2D eigenvalue weighted by molar-refractivity contribution is 6.36. The summed E-state index contributed by atoms with van der Waals surface area (Å²) in [5, 5.41) is 15.2. The number of aromatic hydroxyl groups is 1. The first-order valence-corrected chi connectivity index (χ1v) is 18.1. The Hall–Kier alpha value is -4.86. The number of carbonyl (C=O) groups is 4. The number of phenols is 1. The average molecular weight is 739 g/mol. The van der Waals surface area contributed by atoms with Crippen molar-refractivity contribution in [3.63, 3.8) is 0 Å². The molecule has 4 aromatic carbocycles. The number of amides is 4. The lowest BCUT2D eigenvalue weighted by Crippen LogP contribution is -2.53. The molecule has 52 heavy (non-hydrogen) atoms. The molecule has 0 unspecified atom stereocenters. The number of allylic oxidation sites excluding steroid dienone is 2. The van der Waals surface area contributed by atoms with Gasteiger partial charge in [-0.2, -0.15) is 5.01 Å². The summed E-state index contributed by atoms with van der Waals surface area (Å²) in [7, 11) is 1.55. The number of phenolic OH excluding ortho intramolecular Hbond substituents is 1. The number of halogens is 2. The fourth-order valence-electron chi connectivity index (χ4n) is 9.35. The van der Waals surface area contributed by atoms with Gasteiger partial charge in [-0.1, -0.05) is 83.4 Å². The Balaban J connectivity index is 1.39. The minimum Gasteiger partial charge on any atom is -0.507 e. The molecule has 4 aromatic rings. The first kappa shape index (κ1) is 34.2. The van der Waals surface area contributed by atoms with Crippen molar-refractivity contribution in [3.05, 3.63) is 112 Å². The lowest BCUT2D eigenvalue weighted by atomic mass is 9.49. The van der Waals surface area contributed by atoms with Crippen LogP contribution >= 0.6 is 23.2 Å². The van der Waals surface area contributed by atoms with Crippen LogP contribution in [-0.2, 0) is 24.6 Å². The van der Waals surface area contributed by atoms with Gasteiger partial charge in [0.15, 0.2) is 0 Å². The van der Waals surface area contributed by atoms with Crippen molar-refractivity contribution in [2.75, 3.05) is 12.5 Å². The smallest absolute Gasteiger partial charge is 0.260 e. The molecule has 0 radical (unpaired) electrons. The number of ether oxygens (including phenoxy) is 1. The number of hydrazine groups is 1. The largest absolute Gasteiger partial charge is 0.507 e. The van der Waals surface area contributed by atoms with E-state index in [9.17, 15) is 19.5 Å². The molecule has 4 amide bonds. The van der Waals surface area contributed by atoms with E-state index >= 15 is 4.79 Å². The zero-order valence-corrected chi connectivity index (χ0v) is 30.5. The Morgan fingerprint density at radius 1 is 0.885 bits per heavy atom. The van der Waals surface area contributed by atoms with Gasteiger partial charge in [0, 0.05) is 27.4 Å². The molecule has 11 heteroatoms. The summed E-state index contributed by atoms with van der Waals surface area (Å²) in [4.78, 5) is 60.1. The maximum atomic E-state index is 15.5. The maximum Gasteiger partial charge on any atom is 0.260 e. The van der Waals surface area contributed by atoms with E-state index in [2.05, 4.69) is 5.43 Å². The van der Waals surface area contributed by atoms with E-state index < -0.39 is 52.4 Å². The molecule has 6 atom stereocenters. The van der Waals surface area contributed by atoms with Gasteiger partial charge in [-0.15, -0.1) is 0 Å². The molecule has 1 saturated carbocycles. The van der Waals surface area contributed by atoms with Crippen molar-refractivity contribution in [2.45, 2.75) is 50.5 Å². The first-order chi connectivity index (χ1) is 24.8. The van der Waals surface area contributed by atoms with Gasteiger partial charge >= 0.3 is 0 Å². The summed E-state index contributed by atoms with van der Waals surface area (Å²) in [6.45, 7) is 5.51. The van der Waals surface area contributed by atoms with Gasteiger partial charge in [-0.3, -0.25) is 29.5 Å². The van der Waals surface area contributed by atoms with Crippen LogP contribution in [0.1, 0.15) is 50.7 Å². The molecule has 2 heterocycles. The number of carbonyl (C=O) groups excluding carboxylic acids is 4. The number of methoxy groups -OCH3 is 1. The molecule has 4 aliphatic rings. The Morgan fingerprint density at radius 3 is 2.31 bits per heavy atom. The molecule has 2 saturated heterocycles. The molecule has 266 valence electrons. The van der Waals surface area contributed by atoms with Crippen molar-refractivity contribution in [1.82, 2.24) is 9.91 Å². The Bertz CT molecular complexity index is 2230. The van der Waals surface area contributed by atoms with Crippen LogP contribution in [0.3, 0.4) is 0 Å². The highest BCUT2D eigenvalue weighted by Gasteiger charge is 2.71. The van der Waals surface area contributed by atoms with Crippen LogP contribution in [0, 0.1) is 23.7 Å². The second kappa shape index (κ2) is 12.1. The molecule has 0 spiro atoms. The average Bonchev–Trinajstić information content (AvgIpc) is 3.51. The number of likely N-dealkylation sites (tertiary alicyclic amines) is 1. The van der Waals surface area contributed by atoms with E-state index in [0.717, 1.165) is 16.0 Å². The lowest BCUT2D eigenvalue weighted by molar-refractivity contribution is -0.146. The monoisotopic (exact) mass is 737 g/mol. The number of anilines is 1. The second-order valence-corrected chi connectivity index (χ2v) is 16.0. The number of hydrogen-bond donors (Lipinski definition) is 2. The van der Waals surface area contributed by atoms with Crippen molar-refractivity contribution in [1.29, 1.82) is 0 Å². The number of fused-ring (bicyclic) bond motifs is 5. The van der Waals surface area contributed by atoms with Crippen LogP contribution in [0.15, 0.2) is 90.5 Å². The molecular weight excluding hydrogens is 701 g/mol. The van der Waals surface area contributed by atoms with E-state index in [1.807, 2.05) is 63.2 Å². The van der Waals surface area contributed by atoms with Gasteiger partial charge in [0.25, 0.3) is 11.8 Å². The van der Waals surface area contributed by atoms with E-state index in [4.69, 9.17) is 27.9 Å². The summed E-state index contributed by atoms with van der Waals surface area (Å²) in [5.74, 6) is -4.82. The molecule has 2 N–H and O–H groups in total. The molecule has 2 aliphatic heterocycles. The third-order valence-electron chi connectivity index (χ3n) is 11.5. The van der Waals surface area contributed by atoms with Gasteiger partial charge in [0.1, 0.15) is 11.5 Å². The van der Waals surface area contributed by atoms with E-state index in [1.165, 1.54) is 11.0 Å². The Morgan fingerprint density at radius 2 is 1.62 bits per heavy atom. The lowest BCUT2D eigenvalue weighted by Gasteiger charge is -2.50. The van der Waals surface area contributed by atoms with Crippen LogP contribution in [0.4, 0.5) is 5.69 Å². The van der Waals surface area contributed by atoms with Crippen LogP contribution in [0.2, 0.25) is 10.0 Å². The summed E-state index contributed by atoms with van der Waals surface area (Å²) < 4.78 is 5.48. The van der Waals surface area contributed by atoms with Crippen molar-refractivity contribution >= 4 is 63.3 Å². The normalized spacial score (nSPS) is 27.0. The summed E-state index contributed by atoms with van der Waals surface area (Å²) in [5.41, 5.74) is 2.72. The van der Waals surface area contributed by atoms with Crippen LogP contribution < -0.4 is 10.2 Å². The van der Waals surface area contributed by atoms with Crippen LogP contribution in [0.5, 0.6) is 11.5 Å². The number of imide groups is 2. The molecule has 9 nitrogen and oxygen atoms in total. The minimum absolute atomic E-state index is 0.0176. The Labute approximate surface area is 311 Å². The summed E-state index contributed by atoms with van der Waals surface area (Å²) in [6.07, 6.45) is 2.39. The standard InChI is InChI=1S/C41H37Cl2N3O6/c1-40(2,3)45-36(48)27-17-16-26-29(33(27)38(45)50)20-30-37(49)46(44-32-18-12-23(42)19-31(32)43)39(51)41(30,22-10-13-24(52-4)14-11-22)34(26)28-15-9-21-7-5-6-8-25(21)35(28)47/h5-16,18-19,27,29-30,33-34,44,47H,17,20H2,1-4H3/t27-,29+,30-,33-,34+,41+/m0/s1. The number of hydrogen-bond acceptors (Lipinski definition) is 7. The summed E-state index contributed by atoms with van der Waals surface area (Å²) in [6, 6.07) is 22.9. The van der Waals surface area contributed by atoms with E-state index in [-0.39, 0.29) is 35.4 Å². The predicted octanol–water partition coefficient (Wildman–Crippen LogP) is 7.64. The number of benzene rings is 4. The Kier molecular flexibility index (Phi) is 7.97. The fraction of sp³-hybridized carbons (Fsp3) is 0.317. The van der Waals surface area contributed by atoms with E-state index in [1.54, 1.807) is 43.5 Å². The van der Waals surface area contributed by atoms with Crippen molar-refractivity contribution < 1.29 is 29.0 Å². The fourth-order valence-corrected chi connectivity index (χ4v) is 9.80. The van der Waals surface area contributed by atoms with Crippen LogP contribution in [-0.4, -0.2) is 51.3 Å². The third-order valence-corrected chi connectivity index (χ3v) is 12.0. The van der Waals surface area contributed by atoms with Crippen LogP contribution in [0.25, 0.3) is 10.8 Å². The maximum absolute atomic E-state index is 15.5.